The van der Waals surface area contributed by atoms with Gasteiger partial charge in [-0.1, -0.05) is 37.3 Å². The molecule has 0 radical (unpaired) electrons. The lowest BCUT2D eigenvalue weighted by atomic mass is 10.0. The van der Waals surface area contributed by atoms with Crippen LogP contribution in [0.4, 0.5) is 5.69 Å². The van der Waals surface area contributed by atoms with E-state index in [1.54, 1.807) is 28.6 Å². The number of thiocarbonyl (C=S) groups is 1. The molecule has 1 aliphatic heterocycles. The predicted octanol–water partition coefficient (Wildman–Crippen LogP) is 3.59. The van der Waals surface area contributed by atoms with Gasteiger partial charge in [-0.05, 0) is 60.8 Å². The van der Waals surface area contributed by atoms with Crippen molar-refractivity contribution >= 4 is 33.0 Å². The molecule has 0 saturated carbocycles. The minimum absolute atomic E-state index is 0.325. The molecule has 1 aliphatic rings. The summed E-state index contributed by atoms with van der Waals surface area (Å²) in [5.41, 5.74) is 1.89. The standard InChI is InChI=1S/C20H25N3O2S2/c1-16-11-13-23(14-12-16)27(24,25)19-9-7-18(8-10-19)22-20(26)21-15-17-5-3-2-4-6-17/h2-10,16H,11-15H2,1H3,(H2,21,22,26). The van der Waals surface area contributed by atoms with Crippen LogP contribution in [0.25, 0.3) is 0 Å². The van der Waals surface area contributed by atoms with Crippen LogP contribution in [0.15, 0.2) is 59.5 Å². The van der Waals surface area contributed by atoms with Crippen molar-refractivity contribution in [2.75, 3.05) is 18.4 Å². The molecule has 7 heteroatoms. The molecule has 0 unspecified atom stereocenters. The number of nitrogens with one attached hydrogen (secondary N) is 2. The molecular formula is C20H25N3O2S2. The molecule has 0 spiro atoms. The monoisotopic (exact) mass is 403 g/mol. The van der Waals surface area contributed by atoms with E-state index in [0.717, 1.165) is 24.1 Å². The van der Waals surface area contributed by atoms with E-state index in [4.69, 9.17) is 12.2 Å². The maximum Gasteiger partial charge on any atom is 0.243 e. The van der Waals surface area contributed by atoms with Gasteiger partial charge in [-0.3, -0.25) is 0 Å². The second kappa shape index (κ2) is 8.82. The highest BCUT2D eigenvalue weighted by molar-refractivity contribution is 7.89. The number of benzene rings is 2. The second-order valence-electron chi connectivity index (χ2n) is 6.90. The Morgan fingerprint density at radius 3 is 2.33 bits per heavy atom. The van der Waals surface area contributed by atoms with Gasteiger partial charge in [-0.25, -0.2) is 8.42 Å². The van der Waals surface area contributed by atoms with Crippen molar-refractivity contribution in [2.24, 2.45) is 5.92 Å². The Bertz CT molecular complexity index is 860. The molecule has 1 fully saturated rings. The first kappa shape index (κ1) is 19.8. The lowest BCUT2D eigenvalue weighted by Gasteiger charge is -2.29. The van der Waals surface area contributed by atoms with Gasteiger partial charge in [0, 0.05) is 25.3 Å². The molecule has 0 aliphatic carbocycles. The third kappa shape index (κ3) is 5.28. The summed E-state index contributed by atoms with van der Waals surface area (Å²) >= 11 is 5.31. The number of rotatable bonds is 5. The first-order valence-electron chi connectivity index (χ1n) is 9.14. The van der Waals surface area contributed by atoms with Crippen LogP contribution in [0.5, 0.6) is 0 Å². The Kier molecular flexibility index (Phi) is 6.46. The highest BCUT2D eigenvalue weighted by atomic mass is 32.2. The third-order valence-corrected chi connectivity index (χ3v) is 6.95. The molecule has 27 heavy (non-hydrogen) atoms. The van der Waals surface area contributed by atoms with Gasteiger partial charge in [0.15, 0.2) is 5.11 Å². The molecule has 0 aromatic heterocycles. The van der Waals surface area contributed by atoms with Crippen LogP contribution < -0.4 is 10.6 Å². The van der Waals surface area contributed by atoms with E-state index in [0.29, 0.717) is 35.6 Å². The summed E-state index contributed by atoms with van der Waals surface area (Å²) in [5, 5.41) is 6.73. The average Bonchev–Trinajstić information content (AvgIpc) is 2.68. The molecule has 5 nitrogen and oxygen atoms in total. The highest BCUT2D eigenvalue weighted by Crippen LogP contribution is 2.24. The fourth-order valence-corrected chi connectivity index (χ4v) is 4.70. The minimum atomic E-state index is -3.42. The largest absolute Gasteiger partial charge is 0.358 e. The van der Waals surface area contributed by atoms with Crippen LogP contribution in [0, 0.1) is 5.92 Å². The molecule has 1 saturated heterocycles. The predicted molar refractivity (Wildman–Crippen MR) is 113 cm³/mol. The molecule has 0 amide bonds. The molecule has 2 N–H and O–H groups in total. The lowest BCUT2D eigenvalue weighted by molar-refractivity contribution is 0.288. The van der Waals surface area contributed by atoms with Crippen molar-refractivity contribution in [3.8, 4) is 0 Å². The number of anilines is 1. The van der Waals surface area contributed by atoms with Gasteiger partial charge in [-0.15, -0.1) is 0 Å². The molecule has 2 aromatic carbocycles. The van der Waals surface area contributed by atoms with Gasteiger partial charge >= 0.3 is 0 Å². The Morgan fingerprint density at radius 1 is 1.07 bits per heavy atom. The third-order valence-electron chi connectivity index (χ3n) is 4.79. The smallest absolute Gasteiger partial charge is 0.243 e. The average molecular weight is 404 g/mol. The van der Waals surface area contributed by atoms with Crippen LogP contribution in [0.1, 0.15) is 25.3 Å². The van der Waals surface area contributed by atoms with Gasteiger partial charge < -0.3 is 10.6 Å². The topological polar surface area (TPSA) is 61.4 Å². The fraction of sp³-hybridized carbons (Fsp3) is 0.350. The molecule has 1 heterocycles. The van der Waals surface area contributed by atoms with E-state index in [-0.39, 0.29) is 0 Å². The van der Waals surface area contributed by atoms with E-state index >= 15 is 0 Å². The van der Waals surface area contributed by atoms with Gasteiger partial charge in [0.25, 0.3) is 0 Å². The summed E-state index contributed by atoms with van der Waals surface area (Å²) < 4.78 is 27.1. The summed E-state index contributed by atoms with van der Waals surface area (Å²) in [6, 6.07) is 16.7. The van der Waals surface area contributed by atoms with Gasteiger partial charge in [0.1, 0.15) is 0 Å². The van der Waals surface area contributed by atoms with Gasteiger partial charge in [0.05, 0.1) is 4.90 Å². The molecule has 144 valence electrons. The minimum Gasteiger partial charge on any atom is -0.358 e. The van der Waals surface area contributed by atoms with E-state index in [2.05, 4.69) is 17.6 Å². The molecule has 2 aromatic rings. The summed E-state index contributed by atoms with van der Waals surface area (Å²) in [5.74, 6) is 0.590. The first-order chi connectivity index (χ1) is 12.9. The Morgan fingerprint density at radius 2 is 1.70 bits per heavy atom. The van der Waals surface area contributed by atoms with E-state index in [9.17, 15) is 8.42 Å². The Hall–Kier alpha value is -1.96. The molecule has 0 atom stereocenters. The number of nitrogens with zero attached hydrogens (tertiary/aromatic N) is 1. The van der Waals surface area contributed by atoms with Crippen molar-refractivity contribution in [3.05, 3.63) is 60.2 Å². The van der Waals surface area contributed by atoms with Crippen molar-refractivity contribution < 1.29 is 8.42 Å². The lowest BCUT2D eigenvalue weighted by Crippen LogP contribution is -2.37. The van der Waals surface area contributed by atoms with Crippen LogP contribution >= 0.6 is 12.2 Å². The van der Waals surface area contributed by atoms with Crippen LogP contribution in [-0.2, 0) is 16.6 Å². The number of hydrogen-bond donors (Lipinski definition) is 2. The van der Waals surface area contributed by atoms with Crippen molar-refractivity contribution in [1.29, 1.82) is 0 Å². The van der Waals surface area contributed by atoms with E-state index in [1.807, 2.05) is 30.3 Å². The Balaban J connectivity index is 1.57. The van der Waals surface area contributed by atoms with Crippen molar-refractivity contribution in [1.82, 2.24) is 9.62 Å². The maximum absolute atomic E-state index is 12.8. The van der Waals surface area contributed by atoms with Crippen LogP contribution in [-0.4, -0.2) is 30.9 Å². The molecular weight excluding hydrogens is 378 g/mol. The highest BCUT2D eigenvalue weighted by Gasteiger charge is 2.27. The quantitative estimate of drug-likeness (QED) is 0.747. The Labute approximate surface area is 166 Å². The van der Waals surface area contributed by atoms with E-state index < -0.39 is 10.0 Å². The normalized spacial score (nSPS) is 16.0. The van der Waals surface area contributed by atoms with Crippen molar-refractivity contribution in [2.45, 2.75) is 31.2 Å². The number of hydrogen-bond acceptors (Lipinski definition) is 3. The molecule has 0 bridgehead atoms. The van der Waals surface area contributed by atoms with Crippen molar-refractivity contribution in [3.63, 3.8) is 0 Å². The second-order valence-corrected chi connectivity index (χ2v) is 9.25. The summed E-state index contributed by atoms with van der Waals surface area (Å²) in [7, 11) is -3.42. The summed E-state index contributed by atoms with van der Waals surface area (Å²) in [6.07, 6.45) is 1.83. The zero-order valence-corrected chi connectivity index (χ0v) is 17.0. The van der Waals surface area contributed by atoms with Crippen LogP contribution in [0.3, 0.4) is 0 Å². The molecule has 3 rings (SSSR count). The zero-order chi connectivity index (χ0) is 19.3. The summed E-state index contributed by atoms with van der Waals surface area (Å²) in [6.45, 7) is 3.99. The SMILES string of the molecule is CC1CCN(S(=O)(=O)c2ccc(NC(=S)NCc3ccccc3)cc2)CC1. The van der Waals surface area contributed by atoms with E-state index in [1.165, 1.54) is 0 Å². The zero-order valence-electron chi connectivity index (χ0n) is 15.4. The fourth-order valence-electron chi connectivity index (χ4n) is 3.04. The van der Waals surface area contributed by atoms with Crippen LogP contribution in [0.2, 0.25) is 0 Å². The number of sulfonamides is 1. The number of piperidine rings is 1. The maximum atomic E-state index is 12.8. The van der Waals surface area contributed by atoms with Gasteiger partial charge in [0.2, 0.25) is 10.0 Å². The summed E-state index contributed by atoms with van der Waals surface area (Å²) in [4.78, 5) is 0.325. The van der Waals surface area contributed by atoms with Gasteiger partial charge in [-0.2, -0.15) is 4.31 Å². The first-order valence-corrected chi connectivity index (χ1v) is 11.0.